The predicted molar refractivity (Wildman–Crippen MR) is 71.0 cm³/mol. The maximum atomic E-state index is 12.4. The first-order valence-electron chi connectivity index (χ1n) is 7.05. The quantitative estimate of drug-likeness (QED) is 0.888. The third kappa shape index (κ3) is 2.30. The summed E-state index contributed by atoms with van der Waals surface area (Å²) in [4.78, 5) is 29.3. The van der Waals surface area contributed by atoms with Crippen LogP contribution in [0.2, 0.25) is 0 Å². The average molecular weight is 277 g/mol. The van der Waals surface area contributed by atoms with Gasteiger partial charge in [-0.15, -0.1) is 0 Å². The van der Waals surface area contributed by atoms with E-state index in [0.717, 1.165) is 18.5 Å². The van der Waals surface area contributed by atoms with Crippen LogP contribution in [0.3, 0.4) is 0 Å². The molecule has 1 aliphatic heterocycles. The molecule has 1 amide bonds. The van der Waals surface area contributed by atoms with E-state index >= 15 is 0 Å². The van der Waals surface area contributed by atoms with Crippen LogP contribution in [0.15, 0.2) is 12.5 Å². The van der Waals surface area contributed by atoms with Crippen LogP contribution < -0.4 is 0 Å². The third-order valence-corrected chi connectivity index (χ3v) is 4.42. The van der Waals surface area contributed by atoms with E-state index in [4.69, 9.17) is 5.11 Å². The first-order valence-corrected chi connectivity index (χ1v) is 7.05. The zero-order chi connectivity index (χ0) is 14.3. The van der Waals surface area contributed by atoms with Gasteiger partial charge in [0.1, 0.15) is 0 Å². The molecular weight excluding hydrogens is 258 g/mol. The number of amides is 1. The van der Waals surface area contributed by atoms with Crippen LogP contribution in [0, 0.1) is 11.8 Å². The van der Waals surface area contributed by atoms with Gasteiger partial charge in [-0.3, -0.25) is 9.59 Å². The van der Waals surface area contributed by atoms with Crippen molar-refractivity contribution < 1.29 is 14.7 Å². The maximum absolute atomic E-state index is 12.4. The Balaban J connectivity index is 1.63. The Morgan fingerprint density at radius 2 is 2.25 bits per heavy atom. The predicted octanol–water partition coefficient (Wildman–Crippen LogP) is 0.847. The van der Waals surface area contributed by atoms with Crippen LogP contribution in [0.4, 0.5) is 0 Å². The molecule has 20 heavy (non-hydrogen) atoms. The number of aryl methyl sites for hydroxylation is 1. The van der Waals surface area contributed by atoms with Gasteiger partial charge in [0.25, 0.3) is 0 Å². The van der Waals surface area contributed by atoms with Crippen molar-refractivity contribution in [2.75, 3.05) is 13.1 Å². The second-order valence-electron chi connectivity index (χ2n) is 5.84. The highest BCUT2D eigenvalue weighted by Gasteiger charge is 2.47. The lowest BCUT2D eigenvalue weighted by molar-refractivity contribution is -0.146. The van der Waals surface area contributed by atoms with Gasteiger partial charge in [0, 0.05) is 43.9 Å². The number of aromatic nitrogens is 2. The van der Waals surface area contributed by atoms with Gasteiger partial charge in [-0.05, 0) is 19.3 Å². The molecule has 6 heteroatoms. The summed E-state index contributed by atoms with van der Waals surface area (Å²) in [6.45, 7) is 1.06. The summed E-state index contributed by atoms with van der Waals surface area (Å²) in [5, 5.41) is 9.08. The van der Waals surface area contributed by atoms with Crippen LogP contribution in [0.1, 0.15) is 30.9 Å². The van der Waals surface area contributed by atoms with Crippen molar-refractivity contribution >= 4 is 11.9 Å². The Kier molecular flexibility index (Phi) is 3.23. The van der Waals surface area contributed by atoms with Crippen LogP contribution in [-0.2, 0) is 16.6 Å². The number of hydrogen-bond acceptors (Lipinski definition) is 3. The minimum atomic E-state index is -0.790. The van der Waals surface area contributed by atoms with Crippen molar-refractivity contribution in [3.8, 4) is 0 Å². The molecule has 1 saturated carbocycles. The van der Waals surface area contributed by atoms with Crippen LogP contribution >= 0.6 is 0 Å². The molecule has 1 N–H and O–H groups in total. The first kappa shape index (κ1) is 13.1. The van der Waals surface area contributed by atoms with E-state index < -0.39 is 11.9 Å². The van der Waals surface area contributed by atoms with Crippen LogP contribution in [0.25, 0.3) is 0 Å². The number of hydrogen-bond donors (Lipinski definition) is 1. The number of piperidine rings is 1. The summed E-state index contributed by atoms with van der Waals surface area (Å²) in [6, 6.07) is 0. The van der Waals surface area contributed by atoms with E-state index in [0.29, 0.717) is 19.5 Å². The summed E-state index contributed by atoms with van der Waals surface area (Å²) in [5.74, 6) is -0.816. The Bertz CT molecular complexity index is 540. The molecule has 1 aliphatic carbocycles. The first-order chi connectivity index (χ1) is 9.58. The van der Waals surface area contributed by atoms with Crippen LogP contribution in [0.5, 0.6) is 0 Å². The van der Waals surface area contributed by atoms with Crippen molar-refractivity contribution in [3.05, 3.63) is 18.2 Å². The summed E-state index contributed by atoms with van der Waals surface area (Å²) in [7, 11) is 1.93. The van der Waals surface area contributed by atoms with E-state index in [1.165, 1.54) is 0 Å². The molecule has 0 aromatic carbocycles. The largest absolute Gasteiger partial charge is 0.481 e. The molecule has 1 unspecified atom stereocenters. The van der Waals surface area contributed by atoms with Gasteiger partial charge in [0.05, 0.1) is 12.2 Å². The van der Waals surface area contributed by atoms with Crippen molar-refractivity contribution in [2.24, 2.45) is 18.9 Å². The number of carbonyl (C=O) groups is 2. The molecule has 0 radical (unpaired) electrons. The average Bonchev–Trinajstić information content (AvgIpc) is 3.12. The second-order valence-corrected chi connectivity index (χ2v) is 5.84. The zero-order valence-electron chi connectivity index (χ0n) is 11.5. The fraction of sp³-hybridized carbons (Fsp3) is 0.643. The smallest absolute Gasteiger partial charge is 0.308 e. The normalized spacial score (nSPS) is 29.2. The molecule has 0 bridgehead atoms. The molecule has 3 atom stereocenters. The Labute approximate surface area is 117 Å². The molecule has 6 nitrogen and oxygen atoms in total. The van der Waals surface area contributed by atoms with E-state index in [1.807, 2.05) is 17.8 Å². The van der Waals surface area contributed by atoms with Gasteiger partial charge in [0.2, 0.25) is 5.91 Å². The van der Waals surface area contributed by atoms with Gasteiger partial charge < -0.3 is 14.6 Å². The van der Waals surface area contributed by atoms with Crippen molar-refractivity contribution in [1.82, 2.24) is 14.5 Å². The summed E-state index contributed by atoms with van der Waals surface area (Å²) in [6.07, 6.45) is 5.87. The SMILES string of the molecule is Cn1cncc1[C@@H]1C[C@H]1C(=O)N1CCCC(C(=O)O)C1. The minimum Gasteiger partial charge on any atom is -0.481 e. The van der Waals surface area contributed by atoms with Gasteiger partial charge in [-0.25, -0.2) is 4.98 Å². The molecule has 1 saturated heterocycles. The highest BCUT2D eigenvalue weighted by molar-refractivity contribution is 5.83. The van der Waals surface area contributed by atoms with Gasteiger partial charge in [0.15, 0.2) is 0 Å². The lowest BCUT2D eigenvalue weighted by atomic mass is 9.98. The Morgan fingerprint density at radius 1 is 1.45 bits per heavy atom. The van der Waals surface area contributed by atoms with Crippen molar-refractivity contribution in [1.29, 1.82) is 0 Å². The third-order valence-electron chi connectivity index (χ3n) is 4.42. The number of carboxylic acid groups (broad SMARTS) is 1. The monoisotopic (exact) mass is 277 g/mol. The lowest BCUT2D eigenvalue weighted by Gasteiger charge is -2.31. The van der Waals surface area contributed by atoms with Gasteiger partial charge >= 0.3 is 5.97 Å². The van der Waals surface area contributed by atoms with E-state index in [1.54, 1.807) is 11.2 Å². The number of aliphatic carboxylic acids is 1. The number of likely N-dealkylation sites (tertiary alicyclic amines) is 1. The maximum Gasteiger partial charge on any atom is 0.308 e. The topological polar surface area (TPSA) is 75.4 Å². The standard InChI is InChI=1S/C14H19N3O3/c1-16-8-15-6-12(16)10-5-11(10)13(18)17-4-2-3-9(7-17)14(19)20/h6,8-11H,2-5,7H2,1H3,(H,19,20)/t9?,10-,11-/m1/s1. The molecule has 1 aromatic rings. The van der Waals surface area contributed by atoms with Crippen molar-refractivity contribution in [3.63, 3.8) is 0 Å². The van der Waals surface area contributed by atoms with Crippen LogP contribution in [-0.4, -0.2) is 44.5 Å². The van der Waals surface area contributed by atoms with E-state index in [2.05, 4.69) is 4.98 Å². The highest BCUT2D eigenvalue weighted by Crippen LogP contribution is 2.48. The summed E-state index contributed by atoms with van der Waals surface area (Å²) in [5.41, 5.74) is 1.09. The molecule has 1 aromatic heterocycles. The Morgan fingerprint density at radius 3 is 2.90 bits per heavy atom. The fourth-order valence-corrected chi connectivity index (χ4v) is 3.13. The zero-order valence-corrected chi connectivity index (χ0v) is 11.5. The Hall–Kier alpha value is -1.85. The highest BCUT2D eigenvalue weighted by atomic mass is 16.4. The minimum absolute atomic E-state index is 0.0120. The number of nitrogens with zero attached hydrogens (tertiary/aromatic N) is 3. The lowest BCUT2D eigenvalue weighted by Crippen LogP contribution is -2.43. The molecule has 108 valence electrons. The number of carbonyl (C=O) groups excluding carboxylic acids is 1. The number of imidazole rings is 1. The molecule has 0 spiro atoms. The number of carboxylic acids is 1. The second kappa shape index (κ2) is 4.92. The molecule has 2 fully saturated rings. The van der Waals surface area contributed by atoms with E-state index in [9.17, 15) is 9.59 Å². The van der Waals surface area contributed by atoms with E-state index in [-0.39, 0.29) is 17.7 Å². The molecule has 2 aliphatic rings. The number of rotatable bonds is 3. The van der Waals surface area contributed by atoms with Gasteiger partial charge in [-0.1, -0.05) is 0 Å². The fourth-order valence-electron chi connectivity index (χ4n) is 3.13. The molecular formula is C14H19N3O3. The summed E-state index contributed by atoms with van der Waals surface area (Å²) < 4.78 is 1.95. The van der Waals surface area contributed by atoms with Crippen molar-refractivity contribution in [2.45, 2.75) is 25.2 Å². The molecule has 3 rings (SSSR count). The molecule has 2 heterocycles. The van der Waals surface area contributed by atoms with Gasteiger partial charge in [-0.2, -0.15) is 0 Å². The summed E-state index contributed by atoms with van der Waals surface area (Å²) >= 11 is 0.